The minimum atomic E-state index is -1.10. The first-order valence-corrected chi connectivity index (χ1v) is 4.55. The Labute approximate surface area is 86.8 Å². The minimum absolute atomic E-state index is 0.0612. The van der Waals surface area contributed by atoms with Gasteiger partial charge in [-0.2, -0.15) is 0 Å². The second kappa shape index (κ2) is 5.42. The molecule has 0 aliphatic rings. The molecule has 0 radical (unpaired) electrons. The largest absolute Gasteiger partial charge is 0.476 e. The maximum atomic E-state index is 10.8. The van der Waals surface area contributed by atoms with Gasteiger partial charge in [-0.25, -0.2) is 9.48 Å². The van der Waals surface area contributed by atoms with Crippen molar-refractivity contribution in [1.29, 1.82) is 0 Å². The van der Waals surface area contributed by atoms with Crippen molar-refractivity contribution in [2.75, 3.05) is 13.7 Å². The van der Waals surface area contributed by atoms with Crippen molar-refractivity contribution in [3.8, 4) is 0 Å². The average Bonchev–Trinajstić information content (AvgIpc) is 2.59. The van der Waals surface area contributed by atoms with Crippen LogP contribution in [-0.2, 0) is 17.9 Å². The molecule has 0 atom stereocenters. The Balaban J connectivity index is 2.90. The number of ether oxygens (including phenoxy) is 1. The first kappa shape index (κ1) is 11.6. The number of hydrogen-bond acceptors (Lipinski definition) is 5. The van der Waals surface area contributed by atoms with Crippen molar-refractivity contribution >= 4 is 5.97 Å². The molecule has 0 aliphatic carbocycles. The molecule has 1 aromatic rings. The van der Waals surface area contributed by atoms with Gasteiger partial charge in [0, 0.05) is 13.7 Å². The number of nitrogens with two attached hydrogens (primary N) is 1. The third-order valence-electron chi connectivity index (χ3n) is 1.90. The summed E-state index contributed by atoms with van der Waals surface area (Å²) in [6, 6.07) is 0. The van der Waals surface area contributed by atoms with Gasteiger partial charge >= 0.3 is 5.97 Å². The molecule has 1 aromatic heterocycles. The summed E-state index contributed by atoms with van der Waals surface area (Å²) >= 11 is 0. The van der Waals surface area contributed by atoms with Crippen LogP contribution in [0.25, 0.3) is 0 Å². The summed E-state index contributed by atoms with van der Waals surface area (Å²) < 4.78 is 6.42. The normalized spacial score (nSPS) is 10.5. The fraction of sp³-hybridized carbons (Fsp3) is 0.625. The molecule has 84 valence electrons. The maximum Gasteiger partial charge on any atom is 0.358 e. The zero-order chi connectivity index (χ0) is 11.3. The quantitative estimate of drug-likeness (QED) is 0.659. The molecule has 7 heteroatoms. The number of carboxylic acid groups (broad SMARTS) is 1. The molecule has 0 saturated carbocycles. The Bertz CT molecular complexity index is 337. The van der Waals surface area contributed by atoms with Crippen LogP contribution in [0.3, 0.4) is 0 Å². The van der Waals surface area contributed by atoms with Gasteiger partial charge in [0.15, 0.2) is 5.69 Å². The van der Waals surface area contributed by atoms with Gasteiger partial charge in [0.2, 0.25) is 0 Å². The molecule has 3 N–H and O–H groups in total. The third kappa shape index (κ3) is 2.74. The molecule has 7 nitrogen and oxygen atoms in total. The van der Waals surface area contributed by atoms with Crippen LogP contribution in [0.5, 0.6) is 0 Å². The third-order valence-corrected chi connectivity index (χ3v) is 1.90. The lowest BCUT2D eigenvalue weighted by Crippen LogP contribution is -2.12. The Morgan fingerprint density at radius 3 is 2.93 bits per heavy atom. The maximum absolute atomic E-state index is 10.8. The molecule has 0 unspecified atom stereocenters. The molecule has 15 heavy (non-hydrogen) atoms. The Kier molecular flexibility index (Phi) is 4.19. The highest BCUT2D eigenvalue weighted by atomic mass is 16.5. The molecule has 0 aliphatic heterocycles. The van der Waals surface area contributed by atoms with E-state index in [4.69, 9.17) is 15.6 Å². The van der Waals surface area contributed by atoms with Crippen molar-refractivity contribution < 1.29 is 14.6 Å². The zero-order valence-electron chi connectivity index (χ0n) is 8.51. The Morgan fingerprint density at radius 1 is 1.67 bits per heavy atom. The van der Waals surface area contributed by atoms with E-state index in [-0.39, 0.29) is 12.3 Å². The lowest BCUT2D eigenvalue weighted by atomic mass is 10.3. The monoisotopic (exact) mass is 214 g/mol. The number of aryl methyl sites for hydroxylation is 1. The zero-order valence-corrected chi connectivity index (χ0v) is 8.51. The summed E-state index contributed by atoms with van der Waals surface area (Å²) in [5.74, 6) is -1.10. The van der Waals surface area contributed by atoms with Crippen LogP contribution in [0, 0.1) is 0 Å². The Hall–Kier alpha value is -1.47. The van der Waals surface area contributed by atoms with E-state index in [1.165, 1.54) is 11.8 Å². The van der Waals surface area contributed by atoms with Crippen molar-refractivity contribution in [3.05, 3.63) is 11.4 Å². The summed E-state index contributed by atoms with van der Waals surface area (Å²) in [5.41, 5.74) is 5.77. The first-order chi connectivity index (χ1) is 7.20. The van der Waals surface area contributed by atoms with E-state index in [1.807, 2.05) is 0 Å². The molecule has 0 amide bonds. The summed E-state index contributed by atoms with van der Waals surface area (Å²) in [5, 5.41) is 16.2. The van der Waals surface area contributed by atoms with Gasteiger partial charge in [-0.1, -0.05) is 5.21 Å². The number of nitrogens with zero attached hydrogens (tertiary/aromatic N) is 3. The van der Waals surface area contributed by atoms with Crippen molar-refractivity contribution in [2.45, 2.75) is 19.6 Å². The van der Waals surface area contributed by atoms with Gasteiger partial charge in [-0.3, -0.25) is 0 Å². The highest BCUT2D eigenvalue weighted by Gasteiger charge is 2.18. The van der Waals surface area contributed by atoms with E-state index < -0.39 is 5.97 Å². The van der Waals surface area contributed by atoms with Crippen molar-refractivity contribution in [3.63, 3.8) is 0 Å². The van der Waals surface area contributed by atoms with E-state index >= 15 is 0 Å². The fourth-order valence-electron chi connectivity index (χ4n) is 1.20. The molecule has 1 rings (SSSR count). The van der Waals surface area contributed by atoms with E-state index in [0.717, 1.165) is 6.42 Å². The van der Waals surface area contributed by atoms with Crippen LogP contribution in [-0.4, -0.2) is 39.7 Å². The number of aromatic nitrogens is 3. The van der Waals surface area contributed by atoms with Crippen LogP contribution < -0.4 is 5.73 Å². The Morgan fingerprint density at radius 2 is 2.40 bits per heavy atom. The summed E-state index contributed by atoms with van der Waals surface area (Å²) in [4.78, 5) is 10.8. The summed E-state index contributed by atoms with van der Waals surface area (Å²) in [6.45, 7) is 1.25. The molecule has 0 saturated heterocycles. The fourth-order valence-corrected chi connectivity index (χ4v) is 1.20. The number of methoxy groups -OCH3 is 1. The van der Waals surface area contributed by atoms with E-state index in [9.17, 15) is 4.79 Å². The first-order valence-electron chi connectivity index (χ1n) is 4.55. The van der Waals surface area contributed by atoms with Gasteiger partial charge in [0.05, 0.1) is 12.3 Å². The standard InChI is InChI=1S/C8H14N4O3/c1-15-5-6-7(8(13)14)10-11-12(6)4-2-3-9/h2-5,9H2,1H3,(H,13,14). The van der Waals surface area contributed by atoms with Crippen LogP contribution in [0.2, 0.25) is 0 Å². The molecular formula is C8H14N4O3. The lowest BCUT2D eigenvalue weighted by molar-refractivity contribution is 0.0684. The van der Waals surface area contributed by atoms with Crippen LogP contribution in [0.4, 0.5) is 0 Å². The van der Waals surface area contributed by atoms with Crippen molar-refractivity contribution in [1.82, 2.24) is 15.0 Å². The second-order valence-electron chi connectivity index (χ2n) is 2.99. The van der Waals surface area contributed by atoms with Crippen LogP contribution in [0.1, 0.15) is 22.6 Å². The van der Waals surface area contributed by atoms with E-state index in [0.29, 0.717) is 18.8 Å². The van der Waals surface area contributed by atoms with Gasteiger partial charge in [0.1, 0.15) is 0 Å². The van der Waals surface area contributed by atoms with E-state index in [2.05, 4.69) is 10.3 Å². The molecule has 0 bridgehead atoms. The van der Waals surface area contributed by atoms with Crippen LogP contribution >= 0.6 is 0 Å². The number of hydrogen-bond donors (Lipinski definition) is 2. The molecular weight excluding hydrogens is 200 g/mol. The summed E-state index contributed by atoms with van der Waals surface area (Å²) in [6.07, 6.45) is 0.721. The molecule has 0 aromatic carbocycles. The topological polar surface area (TPSA) is 103 Å². The number of carboxylic acids is 1. The van der Waals surface area contributed by atoms with E-state index in [1.54, 1.807) is 0 Å². The number of aromatic carboxylic acids is 1. The molecule has 1 heterocycles. The van der Waals surface area contributed by atoms with Crippen molar-refractivity contribution in [2.24, 2.45) is 5.73 Å². The highest BCUT2D eigenvalue weighted by molar-refractivity contribution is 5.86. The predicted molar refractivity (Wildman–Crippen MR) is 51.4 cm³/mol. The highest BCUT2D eigenvalue weighted by Crippen LogP contribution is 2.07. The summed E-state index contributed by atoms with van der Waals surface area (Å²) in [7, 11) is 1.49. The second-order valence-corrected chi connectivity index (χ2v) is 2.99. The van der Waals surface area contributed by atoms with Crippen LogP contribution in [0.15, 0.2) is 0 Å². The predicted octanol–water partition coefficient (Wildman–Crippen LogP) is -0.528. The van der Waals surface area contributed by atoms with Gasteiger partial charge in [-0.15, -0.1) is 5.10 Å². The number of rotatable bonds is 6. The molecule has 0 fully saturated rings. The van der Waals surface area contributed by atoms with Gasteiger partial charge in [-0.05, 0) is 13.0 Å². The minimum Gasteiger partial charge on any atom is -0.476 e. The SMILES string of the molecule is COCc1c(C(=O)O)nnn1CCCN. The lowest BCUT2D eigenvalue weighted by Gasteiger charge is -2.04. The average molecular weight is 214 g/mol. The molecule has 0 spiro atoms. The smallest absolute Gasteiger partial charge is 0.358 e. The number of carbonyl (C=O) groups is 1. The van der Waals surface area contributed by atoms with Gasteiger partial charge < -0.3 is 15.6 Å². The van der Waals surface area contributed by atoms with Gasteiger partial charge in [0.25, 0.3) is 0 Å².